The van der Waals surface area contributed by atoms with Crippen molar-refractivity contribution in [3.63, 3.8) is 0 Å². The van der Waals surface area contributed by atoms with Crippen LogP contribution >= 0.6 is 0 Å². The van der Waals surface area contributed by atoms with Crippen LogP contribution in [0.3, 0.4) is 0 Å². The molecule has 0 spiro atoms. The van der Waals surface area contributed by atoms with Crippen molar-refractivity contribution in [3.8, 4) is 0 Å². The first-order valence-electron chi connectivity index (χ1n) is 3.81. The molecule has 0 unspecified atom stereocenters. The highest BCUT2D eigenvalue weighted by Crippen LogP contribution is 2.25. The Morgan fingerprint density at radius 1 is 1.43 bits per heavy atom. The normalized spacial score (nSPS) is 10.6. The number of hydrogen-bond acceptors (Lipinski definition) is 2. The lowest BCUT2D eigenvalue weighted by Gasteiger charge is -2.06. The summed E-state index contributed by atoms with van der Waals surface area (Å²) in [5.41, 5.74) is 3.85. The third kappa shape index (κ3) is 1.86. The van der Waals surface area contributed by atoms with Crippen LogP contribution in [0.4, 0.5) is 18.9 Å². The van der Waals surface area contributed by atoms with Gasteiger partial charge in [-0.1, -0.05) is 0 Å². The molecule has 0 saturated heterocycles. The number of alkyl halides is 2. The van der Waals surface area contributed by atoms with Crippen LogP contribution in [0.15, 0.2) is 12.1 Å². The summed E-state index contributed by atoms with van der Waals surface area (Å²) in [6.45, 7) is 1.09. The number of carbonyl (C=O) groups is 1. The molecule has 0 aliphatic carbocycles. The van der Waals surface area contributed by atoms with Gasteiger partial charge in [0.05, 0.1) is 11.3 Å². The second-order valence-electron chi connectivity index (χ2n) is 2.83. The number of halogens is 3. The number of nitrogens with two attached hydrogens (primary N) is 1. The molecule has 0 heterocycles. The van der Waals surface area contributed by atoms with E-state index in [9.17, 15) is 18.0 Å². The van der Waals surface area contributed by atoms with E-state index >= 15 is 0 Å². The molecule has 0 amide bonds. The van der Waals surface area contributed by atoms with Crippen LogP contribution in [0.5, 0.6) is 0 Å². The number of nitrogen functional groups attached to an aromatic ring is 1. The SMILES string of the molecule is CC(=O)c1cc(C(F)F)cc(N)c1F. The molecule has 0 aliphatic heterocycles. The van der Waals surface area contributed by atoms with E-state index in [1.165, 1.54) is 0 Å². The summed E-state index contributed by atoms with van der Waals surface area (Å²) in [6, 6.07) is 1.64. The van der Waals surface area contributed by atoms with Gasteiger partial charge in [-0.3, -0.25) is 4.79 Å². The molecule has 2 nitrogen and oxygen atoms in total. The molecule has 5 heteroatoms. The second kappa shape index (κ2) is 3.69. The number of ketones is 1. The third-order valence-electron chi connectivity index (χ3n) is 1.75. The minimum Gasteiger partial charge on any atom is -0.396 e. The van der Waals surface area contributed by atoms with Crippen molar-refractivity contribution in [1.29, 1.82) is 0 Å². The maximum atomic E-state index is 13.1. The van der Waals surface area contributed by atoms with E-state index in [1.807, 2.05) is 0 Å². The lowest BCUT2D eigenvalue weighted by atomic mass is 10.1. The molecule has 0 saturated carbocycles. The van der Waals surface area contributed by atoms with Crippen molar-refractivity contribution in [3.05, 3.63) is 29.1 Å². The van der Waals surface area contributed by atoms with Crippen LogP contribution in [-0.2, 0) is 0 Å². The van der Waals surface area contributed by atoms with Gasteiger partial charge in [0.15, 0.2) is 11.6 Å². The highest BCUT2D eigenvalue weighted by Gasteiger charge is 2.16. The van der Waals surface area contributed by atoms with Gasteiger partial charge in [-0.05, 0) is 19.1 Å². The fourth-order valence-corrected chi connectivity index (χ4v) is 1.05. The molecule has 0 bridgehead atoms. The summed E-state index contributed by atoms with van der Waals surface area (Å²) < 4.78 is 37.6. The maximum absolute atomic E-state index is 13.1. The Balaban J connectivity index is 3.35. The maximum Gasteiger partial charge on any atom is 0.263 e. The van der Waals surface area contributed by atoms with Gasteiger partial charge in [-0.15, -0.1) is 0 Å². The van der Waals surface area contributed by atoms with E-state index in [4.69, 9.17) is 5.73 Å². The number of benzene rings is 1. The van der Waals surface area contributed by atoms with Gasteiger partial charge >= 0.3 is 0 Å². The number of Topliss-reactive ketones (excluding diaryl/α,β-unsaturated/α-hetero) is 1. The van der Waals surface area contributed by atoms with Crippen LogP contribution in [0.2, 0.25) is 0 Å². The van der Waals surface area contributed by atoms with Crippen LogP contribution in [0, 0.1) is 5.82 Å². The van der Waals surface area contributed by atoms with E-state index < -0.39 is 34.8 Å². The van der Waals surface area contributed by atoms with Crippen molar-refractivity contribution in [2.24, 2.45) is 0 Å². The minimum absolute atomic E-state index is 0.402. The Morgan fingerprint density at radius 3 is 2.43 bits per heavy atom. The summed E-state index contributed by atoms with van der Waals surface area (Å²) in [7, 11) is 0. The summed E-state index contributed by atoms with van der Waals surface area (Å²) in [5.74, 6) is -1.57. The molecule has 0 radical (unpaired) electrons. The molecule has 1 aromatic carbocycles. The Morgan fingerprint density at radius 2 is 2.00 bits per heavy atom. The largest absolute Gasteiger partial charge is 0.396 e. The fourth-order valence-electron chi connectivity index (χ4n) is 1.05. The van der Waals surface area contributed by atoms with Crippen LogP contribution < -0.4 is 5.73 Å². The number of carbonyl (C=O) groups excluding carboxylic acids is 1. The molecule has 1 aromatic rings. The molecular weight excluding hydrogens is 195 g/mol. The Hall–Kier alpha value is -1.52. The van der Waals surface area contributed by atoms with E-state index in [0.29, 0.717) is 0 Å². The zero-order valence-corrected chi connectivity index (χ0v) is 7.35. The van der Waals surface area contributed by atoms with Crippen LogP contribution in [0.25, 0.3) is 0 Å². The number of anilines is 1. The van der Waals surface area contributed by atoms with Crippen LogP contribution in [0.1, 0.15) is 29.3 Å². The van der Waals surface area contributed by atoms with Gasteiger partial charge in [0.2, 0.25) is 0 Å². The fraction of sp³-hybridized carbons (Fsp3) is 0.222. The van der Waals surface area contributed by atoms with Gasteiger partial charge in [0.1, 0.15) is 0 Å². The Kier molecular flexibility index (Phi) is 2.78. The highest BCUT2D eigenvalue weighted by molar-refractivity contribution is 5.95. The van der Waals surface area contributed by atoms with Crippen molar-refractivity contribution in [2.45, 2.75) is 13.3 Å². The van der Waals surface area contributed by atoms with Crippen molar-refractivity contribution >= 4 is 11.5 Å². The van der Waals surface area contributed by atoms with E-state index in [0.717, 1.165) is 19.1 Å². The molecular formula is C9H8F3NO. The van der Waals surface area contributed by atoms with E-state index in [2.05, 4.69) is 0 Å². The lowest BCUT2D eigenvalue weighted by Crippen LogP contribution is -2.03. The predicted octanol–water partition coefficient (Wildman–Crippen LogP) is 2.55. The van der Waals surface area contributed by atoms with E-state index in [1.54, 1.807) is 0 Å². The van der Waals surface area contributed by atoms with Crippen molar-refractivity contribution in [1.82, 2.24) is 0 Å². The zero-order chi connectivity index (χ0) is 10.9. The molecule has 76 valence electrons. The highest BCUT2D eigenvalue weighted by atomic mass is 19.3. The third-order valence-corrected chi connectivity index (χ3v) is 1.75. The molecule has 14 heavy (non-hydrogen) atoms. The average molecular weight is 203 g/mol. The lowest BCUT2D eigenvalue weighted by molar-refractivity contribution is 0.101. The second-order valence-corrected chi connectivity index (χ2v) is 2.83. The minimum atomic E-state index is -2.77. The Labute approximate surface area is 78.5 Å². The molecule has 0 atom stereocenters. The topological polar surface area (TPSA) is 43.1 Å². The number of hydrogen-bond donors (Lipinski definition) is 1. The molecule has 0 aromatic heterocycles. The van der Waals surface area contributed by atoms with Gasteiger partial charge in [-0.2, -0.15) is 0 Å². The van der Waals surface area contributed by atoms with Crippen molar-refractivity contribution in [2.75, 3.05) is 5.73 Å². The first-order chi connectivity index (χ1) is 6.43. The quantitative estimate of drug-likeness (QED) is 0.592. The summed E-state index contributed by atoms with van der Waals surface area (Å²) in [6.07, 6.45) is -2.77. The van der Waals surface area contributed by atoms with E-state index in [-0.39, 0.29) is 0 Å². The zero-order valence-electron chi connectivity index (χ0n) is 7.35. The first-order valence-corrected chi connectivity index (χ1v) is 3.81. The summed E-state index contributed by atoms with van der Waals surface area (Å²) in [5, 5.41) is 0. The molecule has 0 fully saturated rings. The van der Waals surface area contributed by atoms with Crippen molar-refractivity contribution < 1.29 is 18.0 Å². The molecule has 0 aliphatic rings. The predicted molar refractivity (Wildman–Crippen MR) is 45.8 cm³/mol. The Bertz CT molecular complexity index is 377. The average Bonchev–Trinajstić information content (AvgIpc) is 2.08. The first kappa shape index (κ1) is 10.6. The number of rotatable bonds is 2. The summed E-state index contributed by atoms with van der Waals surface area (Å²) >= 11 is 0. The molecule has 1 rings (SSSR count). The van der Waals surface area contributed by atoms with Crippen LogP contribution in [-0.4, -0.2) is 5.78 Å². The standard InChI is InChI=1S/C9H8F3NO/c1-4(14)6-2-5(9(11)12)3-7(13)8(6)10/h2-3,9H,13H2,1H3. The smallest absolute Gasteiger partial charge is 0.263 e. The summed E-state index contributed by atoms with van der Waals surface area (Å²) in [4.78, 5) is 10.9. The van der Waals surface area contributed by atoms with Gasteiger partial charge < -0.3 is 5.73 Å². The van der Waals surface area contributed by atoms with Gasteiger partial charge in [0, 0.05) is 5.56 Å². The monoisotopic (exact) mass is 203 g/mol. The van der Waals surface area contributed by atoms with Gasteiger partial charge in [0.25, 0.3) is 6.43 Å². The van der Waals surface area contributed by atoms with Gasteiger partial charge in [-0.25, -0.2) is 13.2 Å². The molecule has 2 N–H and O–H groups in total.